The molecule has 2 aromatic rings. The molecule has 0 atom stereocenters. The first-order chi connectivity index (χ1) is 9.65. The highest BCUT2D eigenvalue weighted by Gasteiger charge is 2.14. The molecule has 0 bridgehead atoms. The van der Waals surface area contributed by atoms with Crippen molar-refractivity contribution in [2.45, 2.75) is 19.9 Å². The monoisotopic (exact) mass is 294 g/mol. The van der Waals surface area contributed by atoms with Gasteiger partial charge in [0.15, 0.2) is 11.6 Å². The van der Waals surface area contributed by atoms with Crippen LogP contribution in [0.5, 0.6) is 11.5 Å². The molecule has 0 unspecified atom stereocenters. The lowest BCUT2D eigenvalue weighted by molar-refractivity contribution is 0.318. The predicted octanol–water partition coefficient (Wildman–Crippen LogP) is 2.83. The van der Waals surface area contributed by atoms with E-state index in [-0.39, 0.29) is 5.84 Å². The van der Waals surface area contributed by atoms with E-state index in [4.69, 9.17) is 27.3 Å². The van der Waals surface area contributed by atoms with Crippen LogP contribution in [0.25, 0.3) is 0 Å². The molecule has 1 aromatic carbocycles. The second-order valence-electron chi connectivity index (χ2n) is 4.14. The molecule has 0 aliphatic carbocycles. The van der Waals surface area contributed by atoms with Gasteiger partial charge in [-0.1, -0.05) is 29.7 Å². The van der Waals surface area contributed by atoms with Crippen LogP contribution < -0.4 is 10.5 Å². The zero-order valence-corrected chi connectivity index (χ0v) is 11.7. The van der Waals surface area contributed by atoms with Crippen molar-refractivity contribution in [3.63, 3.8) is 0 Å². The summed E-state index contributed by atoms with van der Waals surface area (Å²) in [4.78, 5) is 0. The lowest BCUT2D eigenvalue weighted by atomic mass is 10.2. The maximum atomic E-state index is 8.81. The highest BCUT2D eigenvalue weighted by molar-refractivity contribution is 6.34. The molecule has 3 N–H and O–H groups in total. The van der Waals surface area contributed by atoms with Crippen LogP contribution in [0.1, 0.15) is 18.9 Å². The van der Waals surface area contributed by atoms with Crippen molar-refractivity contribution in [3.05, 3.63) is 41.2 Å². The van der Waals surface area contributed by atoms with Gasteiger partial charge in [-0.15, -0.1) is 0 Å². The van der Waals surface area contributed by atoms with Gasteiger partial charge >= 0.3 is 0 Å². The quantitative estimate of drug-likeness (QED) is 0.384. The van der Waals surface area contributed by atoms with Crippen LogP contribution in [-0.4, -0.2) is 20.8 Å². The largest absolute Gasteiger partial charge is 0.453 e. The van der Waals surface area contributed by atoms with Gasteiger partial charge in [0.2, 0.25) is 0 Å². The topological polar surface area (TPSA) is 85.7 Å². The third kappa shape index (κ3) is 3.03. The van der Waals surface area contributed by atoms with E-state index < -0.39 is 0 Å². The molecule has 106 valence electrons. The van der Waals surface area contributed by atoms with Gasteiger partial charge in [-0.3, -0.25) is 4.68 Å². The average Bonchev–Trinajstić information content (AvgIpc) is 2.86. The first-order valence-electron chi connectivity index (χ1n) is 6.12. The minimum Gasteiger partial charge on any atom is -0.453 e. The number of halogens is 1. The van der Waals surface area contributed by atoms with Gasteiger partial charge < -0.3 is 15.7 Å². The Morgan fingerprint density at radius 3 is 3.05 bits per heavy atom. The van der Waals surface area contributed by atoms with Crippen molar-refractivity contribution >= 4 is 17.4 Å². The molecule has 0 aliphatic heterocycles. The van der Waals surface area contributed by atoms with Crippen LogP contribution in [0, 0.1) is 0 Å². The van der Waals surface area contributed by atoms with Crippen molar-refractivity contribution in [2.24, 2.45) is 10.9 Å². The van der Waals surface area contributed by atoms with Crippen molar-refractivity contribution in [1.82, 2.24) is 9.78 Å². The van der Waals surface area contributed by atoms with Crippen LogP contribution in [0.3, 0.4) is 0 Å². The van der Waals surface area contributed by atoms with E-state index in [9.17, 15) is 0 Å². The summed E-state index contributed by atoms with van der Waals surface area (Å²) in [7, 11) is 0. The number of hydrogen-bond acceptors (Lipinski definition) is 4. The summed E-state index contributed by atoms with van der Waals surface area (Å²) >= 11 is 6.05. The second-order valence-corrected chi connectivity index (χ2v) is 4.55. The Hall–Kier alpha value is -2.21. The molecule has 0 amide bonds. The van der Waals surface area contributed by atoms with Gasteiger partial charge in [0.25, 0.3) is 0 Å². The fraction of sp³-hybridized carbons (Fsp3) is 0.231. The van der Waals surface area contributed by atoms with Crippen LogP contribution in [0.15, 0.2) is 35.7 Å². The van der Waals surface area contributed by atoms with Crippen molar-refractivity contribution in [2.75, 3.05) is 0 Å². The third-order valence-corrected chi connectivity index (χ3v) is 2.94. The molecule has 0 fully saturated rings. The fourth-order valence-electron chi connectivity index (χ4n) is 1.76. The van der Waals surface area contributed by atoms with Crippen molar-refractivity contribution in [3.8, 4) is 11.5 Å². The van der Waals surface area contributed by atoms with E-state index in [2.05, 4.69) is 17.2 Å². The Labute approximate surface area is 121 Å². The minimum absolute atomic E-state index is 0.105. The highest BCUT2D eigenvalue weighted by Crippen LogP contribution is 2.30. The molecule has 1 heterocycles. The van der Waals surface area contributed by atoms with Gasteiger partial charge in [-0.05, 0) is 18.6 Å². The number of aryl methyl sites for hydroxylation is 1. The summed E-state index contributed by atoms with van der Waals surface area (Å²) in [6, 6.07) is 5.06. The molecule has 0 radical (unpaired) electrons. The number of oxime groups is 1. The Bertz CT molecular complexity index is 625. The maximum absolute atomic E-state index is 8.81. The summed E-state index contributed by atoms with van der Waals surface area (Å²) in [5, 5.41) is 16.3. The number of aromatic nitrogens is 2. The Kier molecular flexibility index (Phi) is 4.47. The van der Waals surface area contributed by atoms with E-state index in [1.165, 1.54) is 0 Å². The number of ether oxygens (including phenoxy) is 1. The first-order valence-corrected chi connectivity index (χ1v) is 6.50. The molecular formula is C13H15ClN4O2. The number of rotatable bonds is 5. The normalized spacial score (nSPS) is 11.6. The van der Waals surface area contributed by atoms with Crippen LogP contribution in [-0.2, 0) is 6.54 Å². The van der Waals surface area contributed by atoms with E-state index >= 15 is 0 Å². The predicted molar refractivity (Wildman–Crippen MR) is 76.6 cm³/mol. The standard InChI is InChI=1S/C13H15ClN4O2/c1-2-6-18-8-9(7-16-18)20-11-5-3-4-10(14)12(11)13(15)17-19/h3-5,7-8,19H,2,6H2,1H3,(H2,15,17). The molecule has 20 heavy (non-hydrogen) atoms. The first kappa shape index (κ1) is 14.2. The van der Waals surface area contributed by atoms with Crippen LogP contribution in [0.4, 0.5) is 0 Å². The summed E-state index contributed by atoms with van der Waals surface area (Å²) in [5.74, 6) is 0.864. The minimum atomic E-state index is -0.105. The van der Waals surface area contributed by atoms with Gasteiger partial charge in [0, 0.05) is 6.54 Å². The number of nitrogens with two attached hydrogens (primary N) is 1. The van der Waals surface area contributed by atoms with Crippen LogP contribution in [0.2, 0.25) is 5.02 Å². The van der Waals surface area contributed by atoms with Gasteiger partial charge in [0.1, 0.15) is 5.75 Å². The Morgan fingerprint density at radius 1 is 1.55 bits per heavy atom. The third-order valence-electron chi connectivity index (χ3n) is 2.63. The van der Waals surface area contributed by atoms with Crippen molar-refractivity contribution in [1.29, 1.82) is 0 Å². The Morgan fingerprint density at radius 2 is 2.35 bits per heavy atom. The number of amidine groups is 1. The van der Waals surface area contributed by atoms with Crippen molar-refractivity contribution < 1.29 is 9.94 Å². The zero-order valence-electron chi connectivity index (χ0n) is 11.0. The number of nitrogens with zero attached hydrogens (tertiary/aromatic N) is 3. The van der Waals surface area contributed by atoms with E-state index in [0.717, 1.165) is 13.0 Å². The molecule has 1 aromatic heterocycles. The fourth-order valence-corrected chi connectivity index (χ4v) is 2.03. The molecule has 0 aliphatic rings. The van der Waals surface area contributed by atoms with E-state index in [1.54, 1.807) is 35.3 Å². The highest BCUT2D eigenvalue weighted by atomic mass is 35.5. The molecule has 0 spiro atoms. The van der Waals surface area contributed by atoms with E-state index in [1.807, 2.05) is 0 Å². The molecule has 2 rings (SSSR count). The zero-order chi connectivity index (χ0) is 14.5. The lowest BCUT2D eigenvalue weighted by Gasteiger charge is -2.10. The molecule has 0 saturated carbocycles. The lowest BCUT2D eigenvalue weighted by Crippen LogP contribution is -2.14. The van der Waals surface area contributed by atoms with E-state index in [0.29, 0.717) is 22.1 Å². The summed E-state index contributed by atoms with van der Waals surface area (Å²) in [6.07, 6.45) is 4.36. The van der Waals surface area contributed by atoms with Gasteiger partial charge in [0.05, 0.1) is 23.0 Å². The summed E-state index contributed by atoms with van der Waals surface area (Å²) in [6.45, 7) is 2.88. The molecular weight excluding hydrogens is 280 g/mol. The smallest absolute Gasteiger partial charge is 0.175 e. The maximum Gasteiger partial charge on any atom is 0.175 e. The number of hydrogen-bond donors (Lipinski definition) is 2. The van der Waals surface area contributed by atoms with Gasteiger partial charge in [-0.2, -0.15) is 5.10 Å². The van der Waals surface area contributed by atoms with Gasteiger partial charge in [-0.25, -0.2) is 0 Å². The summed E-state index contributed by atoms with van der Waals surface area (Å²) < 4.78 is 7.48. The second kappa shape index (κ2) is 6.29. The molecule has 0 saturated heterocycles. The molecule has 6 nitrogen and oxygen atoms in total. The number of benzene rings is 1. The Balaban J connectivity index is 2.30. The summed E-state index contributed by atoms with van der Waals surface area (Å²) in [5.41, 5.74) is 5.96. The molecule has 7 heteroatoms. The SMILES string of the molecule is CCCn1cc(Oc2cccc(Cl)c2/C(N)=N/O)cn1. The van der Waals surface area contributed by atoms with Crippen LogP contribution >= 0.6 is 11.6 Å². The average molecular weight is 295 g/mol.